The minimum absolute atomic E-state index is 0.121. The summed E-state index contributed by atoms with van der Waals surface area (Å²) in [5, 5.41) is 5.82. The van der Waals surface area contributed by atoms with Crippen molar-refractivity contribution in [2.75, 3.05) is 18.5 Å². The Morgan fingerprint density at radius 2 is 1.93 bits per heavy atom. The number of carbonyl (C=O) groups is 2. The zero-order valence-corrected chi connectivity index (χ0v) is 16.0. The van der Waals surface area contributed by atoms with Crippen molar-refractivity contribution in [3.63, 3.8) is 0 Å². The smallest absolute Gasteiger partial charge is 0.261 e. The molecule has 0 unspecified atom stereocenters. The van der Waals surface area contributed by atoms with Gasteiger partial charge in [-0.15, -0.1) is 0 Å². The third-order valence-corrected chi connectivity index (χ3v) is 4.52. The number of rotatable bonds is 7. The fourth-order valence-electron chi connectivity index (χ4n) is 2.70. The number of benzene rings is 1. The lowest BCUT2D eigenvalue weighted by Gasteiger charge is -2.13. The minimum atomic E-state index is -0.315. The zero-order chi connectivity index (χ0) is 19.4. The molecule has 6 nitrogen and oxygen atoms in total. The second-order valence-corrected chi connectivity index (χ2v) is 6.88. The van der Waals surface area contributed by atoms with Crippen LogP contribution in [0.1, 0.15) is 51.7 Å². The topological polar surface area (TPSA) is 80.3 Å². The van der Waals surface area contributed by atoms with Crippen molar-refractivity contribution >= 4 is 17.5 Å². The number of aromatic nitrogens is 1. The van der Waals surface area contributed by atoms with Gasteiger partial charge < -0.3 is 15.4 Å². The van der Waals surface area contributed by atoms with Crippen molar-refractivity contribution in [2.24, 2.45) is 5.92 Å². The van der Waals surface area contributed by atoms with Gasteiger partial charge in [-0.05, 0) is 69.4 Å². The van der Waals surface area contributed by atoms with Crippen molar-refractivity contribution in [3.8, 4) is 5.88 Å². The molecule has 0 saturated heterocycles. The Balaban J connectivity index is 1.77. The lowest BCUT2D eigenvalue weighted by atomic mass is 10.1. The summed E-state index contributed by atoms with van der Waals surface area (Å²) in [5.74, 6) is 0.490. The van der Waals surface area contributed by atoms with Crippen LogP contribution in [-0.4, -0.2) is 29.9 Å². The maximum atomic E-state index is 12.7. The molecule has 2 aromatic rings. The highest BCUT2D eigenvalue weighted by atomic mass is 16.5. The fourth-order valence-corrected chi connectivity index (χ4v) is 2.70. The van der Waals surface area contributed by atoms with Gasteiger partial charge >= 0.3 is 0 Å². The predicted molar refractivity (Wildman–Crippen MR) is 104 cm³/mol. The minimum Gasteiger partial charge on any atom is -0.477 e. The molecule has 1 fully saturated rings. The predicted octanol–water partition coefficient (Wildman–Crippen LogP) is 3.49. The van der Waals surface area contributed by atoms with E-state index in [9.17, 15) is 9.59 Å². The summed E-state index contributed by atoms with van der Waals surface area (Å²) in [6.45, 7) is 6.71. The van der Waals surface area contributed by atoms with E-state index >= 15 is 0 Å². The monoisotopic (exact) mass is 367 g/mol. The Bertz CT molecular complexity index is 860. The van der Waals surface area contributed by atoms with Crippen molar-refractivity contribution in [1.29, 1.82) is 0 Å². The summed E-state index contributed by atoms with van der Waals surface area (Å²) in [7, 11) is 0. The molecular formula is C21H25N3O3. The number of nitrogens with one attached hydrogen (secondary N) is 2. The van der Waals surface area contributed by atoms with Crippen LogP contribution in [0.5, 0.6) is 5.88 Å². The highest BCUT2D eigenvalue weighted by Crippen LogP contribution is 2.28. The van der Waals surface area contributed by atoms with Crippen LogP contribution in [0.2, 0.25) is 0 Å². The molecule has 1 saturated carbocycles. The van der Waals surface area contributed by atoms with E-state index in [-0.39, 0.29) is 11.8 Å². The zero-order valence-electron chi connectivity index (χ0n) is 16.0. The van der Waals surface area contributed by atoms with E-state index < -0.39 is 0 Å². The van der Waals surface area contributed by atoms with Gasteiger partial charge in [-0.2, -0.15) is 0 Å². The standard InChI is InChI=1S/C21H25N3O3/c1-4-27-21-17(10-6-14(3)23-21)20(26)24-18-11-16(9-5-13(18)2)19(25)22-12-15-7-8-15/h5-6,9-11,15H,4,7-8,12H2,1-3H3,(H,22,25)(H,24,26). The summed E-state index contributed by atoms with van der Waals surface area (Å²) in [6.07, 6.45) is 2.37. The highest BCUT2D eigenvalue weighted by Gasteiger charge is 2.22. The van der Waals surface area contributed by atoms with Gasteiger partial charge in [-0.1, -0.05) is 6.07 Å². The number of pyridine rings is 1. The number of carbonyl (C=O) groups excluding carboxylic acids is 2. The highest BCUT2D eigenvalue weighted by molar-refractivity contribution is 6.07. The first-order valence-corrected chi connectivity index (χ1v) is 9.28. The van der Waals surface area contributed by atoms with Gasteiger partial charge in [0.2, 0.25) is 5.88 Å². The normalized spacial score (nSPS) is 13.1. The largest absolute Gasteiger partial charge is 0.477 e. The van der Waals surface area contributed by atoms with Crippen LogP contribution in [0.25, 0.3) is 0 Å². The second-order valence-electron chi connectivity index (χ2n) is 6.88. The van der Waals surface area contributed by atoms with Gasteiger partial charge in [0.25, 0.3) is 11.8 Å². The number of ether oxygens (including phenoxy) is 1. The van der Waals surface area contributed by atoms with Crippen molar-refractivity contribution in [2.45, 2.75) is 33.6 Å². The number of hydrogen-bond acceptors (Lipinski definition) is 4. The average molecular weight is 367 g/mol. The van der Waals surface area contributed by atoms with E-state index in [2.05, 4.69) is 15.6 Å². The molecule has 6 heteroatoms. The maximum Gasteiger partial charge on any atom is 0.261 e. The van der Waals surface area contributed by atoms with E-state index in [1.165, 1.54) is 12.8 Å². The first-order chi connectivity index (χ1) is 13.0. The molecule has 0 aliphatic heterocycles. The van der Waals surface area contributed by atoms with Crippen LogP contribution < -0.4 is 15.4 Å². The van der Waals surface area contributed by atoms with Crippen molar-refractivity contribution in [1.82, 2.24) is 10.3 Å². The lowest BCUT2D eigenvalue weighted by Crippen LogP contribution is -2.25. The van der Waals surface area contributed by atoms with Crippen LogP contribution in [0.3, 0.4) is 0 Å². The fraction of sp³-hybridized carbons (Fsp3) is 0.381. The van der Waals surface area contributed by atoms with Crippen LogP contribution in [-0.2, 0) is 0 Å². The van der Waals surface area contributed by atoms with Crippen molar-refractivity contribution < 1.29 is 14.3 Å². The van der Waals surface area contributed by atoms with Crippen LogP contribution in [0, 0.1) is 19.8 Å². The summed E-state index contributed by atoms with van der Waals surface area (Å²) in [4.78, 5) is 29.4. The lowest BCUT2D eigenvalue weighted by molar-refractivity contribution is 0.0950. The average Bonchev–Trinajstić information content (AvgIpc) is 3.46. The van der Waals surface area contributed by atoms with E-state index in [1.807, 2.05) is 26.8 Å². The van der Waals surface area contributed by atoms with Crippen molar-refractivity contribution in [3.05, 3.63) is 52.7 Å². The van der Waals surface area contributed by atoms with E-state index in [4.69, 9.17) is 4.74 Å². The Hall–Kier alpha value is -2.89. The summed E-state index contributed by atoms with van der Waals surface area (Å²) >= 11 is 0. The molecule has 2 amide bonds. The first-order valence-electron chi connectivity index (χ1n) is 9.28. The van der Waals surface area contributed by atoms with E-state index in [1.54, 1.807) is 24.3 Å². The summed E-state index contributed by atoms with van der Waals surface area (Å²) in [5.41, 5.74) is 3.15. The molecule has 0 spiro atoms. The Morgan fingerprint density at radius 1 is 1.15 bits per heavy atom. The number of amides is 2. The van der Waals surface area contributed by atoms with Gasteiger partial charge in [0, 0.05) is 23.5 Å². The summed E-state index contributed by atoms with van der Waals surface area (Å²) < 4.78 is 5.49. The van der Waals surface area contributed by atoms with Gasteiger partial charge in [0.05, 0.1) is 6.61 Å². The number of aryl methyl sites for hydroxylation is 2. The van der Waals surface area contributed by atoms with Crippen LogP contribution in [0.4, 0.5) is 5.69 Å². The SMILES string of the molecule is CCOc1nc(C)ccc1C(=O)Nc1cc(C(=O)NCC2CC2)ccc1C. The number of hydrogen-bond donors (Lipinski definition) is 2. The Morgan fingerprint density at radius 3 is 2.63 bits per heavy atom. The molecule has 27 heavy (non-hydrogen) atoms. The Labute approximate surface area is 159 Å². The molecule has 1 aliphatic carbocycles. The molecule has 1 aromatic heterocycles. The number of nitrogens with zero attached hydrogens (tertiary/aromatic N) is 1. The van der Waals surface area contributed by atoms with Crippen LogP contribution >= 0.6 is 0 Å². The molecule has 0 atom stereocenters. The Kier molecular flexibility index (Phi) is 5.74. The van der Waals surface area contributed by atoms with Gasteiger partial charge in [-0.25, -0.2) is 4.98 Å². The molecule has 1 aliphatic rings. The third kappa shape index (κ3) is 4.84. The molecule has 3 rings (SSSR count). The first kappa shape index (κ1) is 18.9. The molecule has 142 valence electrons. The second kappa shape index (κ2) is 8.20. The molecule has 0 bridgehead atoms. The van der Waals surface area contributed by atoms with E-state index in [0.717, 1.165) is 11.3 Å². The molecular weight excluding hydrogens is 342 g/mol. The third-order valence-electron chi connectivity index (χ3n) is 4.52. The summed E-state index contributed by atoms with van der Waals surface area (Å²) in [6, 6.07) is 8.78. The quantitative estimate of drug-likeness (QED) is 0.785. The molecule has 1 aromatic carbocycles. The van der Waals surface area contributed by atoms with Crippen LogP contribution in [0.15, 0.2) is 30.3 Å². The van der Waals surface area contributed by atoms with Gasteiger partial charge in [0.1, 0.15) is 5.56 Å². The van der Waals surface area contributed by atoms with E-state index in [0.29, 0.717) is 41.8 Å². The maximum absolute atomic E-state index is 12.7. The van der Waals surface area contributed by atoms with Gasteiger partial charge in [0.15, 0.2) is 0 Å². The molecule has 1 heterocycles. The molecule has 0 radical (unpaired) electrons. The van der Waals surface area contributed by atoms with Gasteiger partial charge in [-0.3, -0.25) is 9.59 Å². The molecule has 2 N–H and O–H groups in total. The number of anilines is 1.